The first-order valence-corrected chi connectivity index (χ1v) is 21.9. The third-order valence-corrected chi connectivity index (χ3v) is 13.2. The van der Waals surface area contributed by atoms with Gasteiger partial charge in [-0.05, 0) is 69.6 Å². The number of imide groups is 1. The molecule has 20 heteroatoms. The first kappa shape index (κ1) is 48.9. The number of ether oxygens (including phenoxy) is 7. The third-order valence-electron chi connectivity index (χ3n) is 12.8. The second-order valence-electron chi connectivity index (χ2n) is 17.2. The van der Waals surface area contributed by atoms with Gasteiger partial charge in [-0.15, -0.1) is 0 Å². The van der Waals surface area contributed by atoms with Gasteiger partial charge in [-0.1, -0.05) is 42.3 Å². The van der Waals surface area contributed by atoms with E-state index in [1.807, 2.05) is 13.0 Å². The fraction of sp³-hybridized carbons (Fsp3) is 0.578. The quantitative estimate of drug-likeness (QED) is 0.111. The van der Waals surface area contributed by atoms with Crippen molar-refractivity contribution in [3.05, 3.63) is 58.7 Å². The fourth-order valence-electron chi connectivity index (χ4n) is 8.60. The number of likely N-dealkylation sites (N-methyl/N-ethyl adjacent to an activating group) is 1. The molecule has 1 aliphatic carbocycles. The zero-order chi connectivity index (χ0) is 47.3. The summed E-state index contributed by atoms with van der Waals surface area (Å²) in [6.07, 6.45) is 3.14. The first-order chi connectivity index (χ1) is 30.8. The third kappa shape index (κ3) is 11.5. The van der Waals surface area contributed by atoms with Gasteiger partial charge in [0.25, 0.3) is 11.8 Å². The molecule has 354 valence electrons. The maximum atomic E-state index is 14.1. The average Bonchev–Trinajstić information content (AvgIpc) is 4.02. The molecule has 0 aromatic heterocycles. The van der Waals surface area contributed by atoms with Crippen molar-refractivity contribution >= 4 is 59.1 Å². The number of allylic oxidation sites excluding steroid dienone is 3. The van der Waals surface area contributed by atoms with Gasteiger partial charge < -0.3 is 43.2 Å². The van der Waals surface area contributed by atoms with Crippen LogP contribution in [0, 0.1) is 17.8 Å². The van der Waals surface area contributed by atoms with Crippen molar-refractivity contribution in [1.82, 2.24) is 15.1 Å². The van der Waals surface area contributed by atoms with Gasteiger partial charge in [-0.3, -0.25) is 34.3 Å². The van der Waals surface area contributed by atoms with E-state index in [0.717, 1.165) is 16.0 Å². The number of halogens is 1. The minimum absolute atomic E-state index is 0.0526. The number of methoxy groups -OCH3 is 2. The van der Waals surface area contributed by atoms with Crippen molar-refractivity contribution in [1.29, 1.82) is 0 Å². The molecular formula is C45H57ClN4O15. The fourth-order valence-corrected chi connectivity index (χ4v) is 8.91. The molecule has 6 rings (SSSR count). The molecule has 0 spiro atoms. The number of nitrogens with zero attached hydrogens (tertiary/aromatic N) is 3. The number of carbonyl (C=O) groups excluding carboxylic acids is 7. The normalized spacial score (nSPS) is 31.1. The van der Waals surface area contributed by atoms with Crippen LogP contribution in [0.15, 0.2) is 48.1 Å². The van der Waals surface area contributed by atoms with Crippen LogP contribution in [0.4, 0.5) is 15.3 Å². The maximum Gasteiger partial charge on any atom is 0.413 e. The van der Waals surface area contributed by atoms with Crippen LogP contribution in [-0.4, -0.2) is 141 Å². The highest BCUT2D eigenvalue weighted by molar-refractivity contribution is 6.35. The monoisotopic (exact) mass is 928 g/mol. The number of esters is 2. The van der Waals surface area contributed by atoms with Crippen LogP contribution in [0.2, 0.25) is 5.02 Å². The number of hydrogen-bond donors (Lipinski definition) is 2. The van der Waals surface area contributed by atoms with Gasteiger partial charge in [-0.2, -0.15) is 0 Å². The molecule has 1 aromatic carbocycles. The summed E-state index contributed by atoms with van der Waals surface area (Å²) in [5.74, 6) is -3.34. The molecule has 4 aliphatic heterocycles. The predicted octanol–water partition coefficient (Wildman–Crippen LogP) is 3.97. The molecular weight excluding hydrogens is 872 g/mol. The Bertz CT molecular complexity index is 2100. The topological polar surface area (TPSA) is 229 Å². The van der Waals surface area contributed by atoms with Gasteiger partial charge in [0, 0.05) is 52.2 Å². The Morgan fingerprint density at radius 3 is 2.40 bits per heavy atom. The number of anilines is 1. The molecule has 5 amide bonds. The molecule has 4 bridgehead atoms. The lowest BCUT2D eigenvalue weighted by atomic mass is 9.82. The zero-order valence-electron chi connectivity index (χ0n) is 37.5. The second kappa shape index (κ2) is 20.8. The van der Waals surface area contributed by atoms with Crippen molar-refractivity contribution in [2.24, 2.45) is 17.8 Å². The average molecular weight is 929 g/mol. The minimum atomic E-state index is -1.87. The molecule has 2 saturated heterocycles. The smallest absolute Gasteiger partial charge is 0.413 e. The number of alkyl carbamates (subject to hydrolysis) is 1. The van der Waals surface area contributed by atoms with Gasteiger partial charge in [0.1, 0.15) is 41.2 Å². The van der Waals surface area contributed by atoms with Gasteiger partial charge in [0.05, 0.1) is 31.2 Å². The molecule has 4 heterocycles. The summed E-state index contributed by atoms with van der Waals surface area (Å²) in [7, 11) is 5.68. The molecule has 8 atom stereocenters. The van der Waals surface area contributed by atoms with Crippen LogP contribution in [0.3, 0.4) is 0 Å². The number of aliphatic hydroxyl groups is 1. The van der Waals surface area contributed by atoms with Crippen molar-refractivity contribution < 1.29 is 71.8 Å². The number of hydrogen-bond acceptors (Lipinski definition) is 15. The molecule has 1 saturated carbocycles. The van der Waals surface area contributed by atoms with Gasteiger partial charge in [-0.25, -0.2) is 14.4 Å². The van der Waals surface area contributed by atoms with E-state index in [1.54, 1.807) is 31.2 Å². The Hall–Kier alpha value is -5.50. The predicted molar refractivity (Wildman–Crippen MR) is 230 cm³/mol. The number of fused-ring (bicyclic) bond motifs is 5. The number of carbonyl (C=O) groups is 7. The van der Waals surface area contributed by atoms with E-state index in [-0.39, 0.29) is 35.7 Å². The first-order valence-electron chi connectivity index (χ1n) is 21.5. The molecule has 0 unspecified atom stereocenters. The van der Waals surface area contributed by atoms with E-state index in [0.29, 0.717) is 43.5 Å². The molecule has 3 fully saturated rings. The molecule has 5 aliphatic rings. The van der Waals surface area contributed by atoms with E-state index in [9.17, 15) is 38.7 Å². The Kier molecular flexibility index (Phi) is 15.6. The van der Waals surface area contributed by atoms with E-state index in [1.165, 1.54) is 57.2 Å². The van der Waals surface area contributed by atoms with E-state index < -0.39 is 97.4 Å². The number of rotatable bonds is 10. The molecule has 65 heavy (non-hydrogen) atoms. The van der Waals surface area contributed by atoms with Gasteiger partial charge >= 0.3 is 24.1 Å². The van der Waals surface area contributed by atoms with Crippen molar-refractivity contribution in [2.45, 2.75) is 108 Å². The molecule has 2 N–H and O–H groups in total. The van der Waals surface area contributed by atoms with Crippen LogP contribution >= 0.6 is 11.6 Å². The summed E-state index contributed by atoms with van der Waals surface area (Å²) in [5.41, 5.74) is 0.114. The van der Waals surface area contributed by atoms with Crippen LogP contribution in [-0.2, 0) is 58.8 Å². The Labute approximate surface area is 381 Å². The van der Waals surface area contributed by atoms with Crippen LogP contribution in [0.1, 0.15) is 64.9 Å². The summed E-state index contributed by atoms with van der Waals surface area (Å²) in [6.45, 7) is 4.60. The molecule has 1 aromatic rings. The summed E-state index contributed by atoms with van der Waals surface area (Å²) in [4.78, 5) is 94.0. The Balaban J connectivity index is 1.13. The van der Waals surface area contributed by atoms with Crippen LogP contribution in [0.5, 0.6) is 5.75 Å². The molecule has 19 nitrogen and oxygen atoms in total. The number of benzene rings is 1. The summed E-state index contributed by atoms with van der Waals surface area (Å²) in [6, 6.07) is 2.25. The SMILES string of the molecule is COc1cc2cc(c1Cl)N(C)C(=O)C[C@H](OC(=O)[C@H](C)N(C)C(=O)OCOC(=O)C1CCC(CN3C(=O)C=CC3=O)CC1)[C@@H]1O[C@H]1[C@H](C)[C@@H]1C[C@@](O)(NC(=O)O1)[C@H](OC)/C=C/C=C(\C)C2. The number of nitrogens with one attached hydrogen (secondary N) is 1. The Morgan fingerprint density at radius 1 is 1.05 bits per heavy atom. The highest BCUT2D eigenvalue weighted by atomic mass is 35.5. The van der Waals surface area contributed by atoms with E-state index in [4.69, 9.17) is 44.8 Å². The highest BCUT2D eigenvalue weighted by Gasteiger charge is 2.56. The van der Waals surface area contributed by atoms with Gasteiger partial charge in [0.15, 0.2) is 5.72 Å². The number of amides is 5. The lowest BCUT2D eigenvalue weighted by molar-refractivity contribution is -0.161. The van der Waals surface area contributed by atoms with Gasteiger partial charge in [0.2, 0.25) is 12.7 Å². The maximum absolute atomic E-state index is 14.1. The van der Waals surface area contributed by atoms with Crippen molar-refractivity contribution in [3.8, 4) is 5.75 Å². The minimum Gasteiger partial charge on any atom is -0.495 e. The largest absolute Gasteiger partial charge is 0.495 e. The molecule has 0 radical (unpaired) electrons. The van der Waals surface area contributed by atoms with Crippen molar-refractivity contribution in [2.75, 3.05) is 46.6 Å². The van der Waals surface area contributed by atoms with Crippen LogP contribution in [0.25, 0.3) is 0 Å². The standard InChI is InChI=1S/C45H57ClN4O15/c1-24-9-8-10-34(60-7)45(58)21-33(64-43(56)47-45)25(2)39-40(65-39)32(20-37(53)49(5)30-18-28(17-24)19-31(59-6)38(30)46)63-41(54)26(3)48(4)44(57)62-23-61-42(55)29-13-11-27(12-14-29)22-50-35(51)15-16-36(50)52/h8-10,15-16,18-19,25-27,29,32-34,39-40,58H,11-14,17,20-23H2,1-7H3,(H,47,56)/b10-8+,24-9+/t25-,26+,27?,29?,32+,33+,34-,39+,40+,45+/m1/s1. The zero-order valence-corrected chi connectivity index (χ0v) is 38.2. The summed E-state index contributed by atoms with van der Waals surface area (Å²) in [5, 5.41) is 14.4. The van der Waals surface area contributed by atoms with E-state index >= 15 is 0 Å². The number of epoxide rings is 1. The highest BCUT2D eigenvalue weighted by Crippen LogP contribution is 2.42. The lowest BCUT2D eigenvalue weighted by Crippen LogP contribution is -2.63. The second-order valence-corrected chi connectivity index (χ2v) is 17.6. The lowest BCUT2D eigenvalue weighted by Gasteiger charge is -2.41. The summed E-state index contributed by atoms with van der Waals surface area (Å²) >= 11 is 6.75. The van der Waals surface area contributed by atoms with Crippen molar-refractivity contribution in [3.63, 3.8) is 0 Å². The summed E-state index contributed by atoms with van der Waals surface area (Å²) < 4.78 is 39.2. The van der Waals surface area contributed by atoms with E-state index in [2.05, 4.69) is 5.32 Å². The van der Waals surface area contributed by atoms with Crippen LogP contribution < -0.4 is 15.0 Å². The Morgan fingerprint density at radius 2 is 1.74 bits per heavy atom.